The number of hydrogen-bond donors (Lipinski definition) is 1. The molecule has 0 bridgehead atoms. The van der Waals surface area contributed by atoms with Crippen LogP contribution in [-0.2, 0) is 4.57 Å². The predicted molar refractivity (Wildman–Crippen MR) is 12.6 cm³/mol. The zero-order chi connectivity index (χ0) is 4.50. The first-order chi connectivity index (χ1) is 2.00. The van der Waals surface area contributed by atoms with Gasteiger partial charge < -0.3 is 19.2 Å². The predicted octanol–water partition coefficient (Wildman–Crippen LogP) is -5.72. The molecule has 0 aliphatic rings. The molecule has 0 saturated heterocycles. The maximum Gasteiger partial charge on any atom is 1.00 e. The van der Waals surface area contributed by atoms with Crippen LogP contribution in [0.15, 0.2) is 0 Å². The van der Waals surface area contributed by atoms with E-state index >= 15 is 0 Å². The van der Waals surface area contributed by atoms with Crippen molar-refractivity contribution in [3.8, 4) is 0 Å². The molecular weight excluding hydrogens is 153 g/mol. The second-order valence-electron chi connectivity index (χ2n) is 0.469. The summed E-state index contributed by atoms with van der Waals surface area (Å²) in [4.78, 5) is 24.3. The van der Waals surface area contributed by atoms with Gasteiger partial charge in [-0.3, -0.25) is 0 Å². The Bertz CT molecular complexity index is 57.8. The number of phosphoric acid groups is 1. The van der Waals surface area contributed by atoms with Crippen LogP contribution in [0.4, 0.5) is 0 Å². The first-order valence-electron chi connectivity index (χ1n) is 0.748. The number of rotatable bonds is 0. The van der Waals surface area contributed by atoms with E-state index in [4.69, 9.17) is 19.2 Å². The molecule has 0 unspecified atom stereocenters. The molecule has 0 radical (unpaired) electrons. The summed E-state index contributed by atoms with van der Waals surface area (Å²) >= 11 is 0. The molecule has 0 amide bonds. The number of hydrogen-bond acceptors (Lipinski definition) is 3. The van der Waals surface area contributed by atoms with E-state index in [0.29, 0.717) is 0 Å². The largest absolute Gasteiger partial charge is 1.00 e. The molecule has 0 heterocycles. The summed E-state index contributed by atoms with van der Waals surface area (Å²) in [6, 6.07) is 0. The van der Waals surface area contributed by atoms with E-state index in [2.05, 4.69) is 0 Å². The molecule has 40 valence electrons. The van der Waals surface area contributed by atoms with E-state index in [-0.39, 0.29) is 42.0 Å². The van der Waals surface area contributed by atoms with Gasteiger partial charge in [0.1, 0.15) is 0 Å². The maximum absolute atomic E-state index is 8.66. The Labute approximate surface area is 68.9 Å². The van der Waals surface area contributed by atoms with Crippen molar-refractivity contribution in [3.05, 3.63) is 0 Å². The van der Waals surface area contributed by atoms with Gasteiger partial charge in [0.05, 0.1) is 20.2 Å². The summed E-state index contributed by atoms with van der Waals surface area (Å²) in [5.41, 5.74) is 0. The van der Waals surface area contributed by atoms with Gasteiger partial charge in [-0.15, -0.1) is 0 Å². The van der Waals surface area contributed by atoms with Crippen molar-refractivity contribution in [3.63, 3.8) is 0 Å². The van der Waals surface area contributed by atoms with Gasteiger partial charge in [0.2, 0.25) is 0 Å². The van der Waals surface area contributed by atoms with Crippen molar-refractivity contribution in [1.82, 2.24) is 0 Å². The Kier molecular flexibility index (Phi) is 12.5. The van der Waals surface area contributed by atoms with Crippen LogP contribution in [0.1, 0.15) is 0 Å². The summed E-state index contributed by atoms with van der Waals surface area (Å²) in [6.45, 7) is 0. The van der Waals surface area contributed by atoms with E-state index in [1.54, 1.807) is 0 Å². The Balaban J connectivity index is -0.0000000800. The zero-order valence-corrected chi connectivity index (χ0v) is 7.36. The summed E-state index contributed by atoms with van der Waals surface area (Å²) < 4.78 is 8.66. The van der Waals surface area contributed by atoms with E-state index in [0.717, 1.165) is 0 Å². The van der Waals surface area contributed by atoms with Crippen LogP contribution in [0.3, 0.4) is 0 Å². The summed E-state index contributed by atoms with van der Waals surface area (Å²) in [7, 11) is -5.14. The van der Waals surface area contributed by atoms with Crippen LogP contribution in [-0.4, -0.2) is 4.89 Å². The molecule has 0 aromatic heterocycles. The third-order valence-electron chi connectivity index (χ3n) is 0. The van der Waals surface area contributed by atoms with Crippen LogP contribution in [0.2, 0.25) is 0 Å². The molecule has 1 N–H and O–H groups in total. The van der Waals surface area contributed by atoms with Gasteiger partial charge in [-0.05, 0) is 0 Å². The molecule has 4 nitrogen and oxygen atoms in total. The van der Waals surface area contributed by atoms with Gasteiger partial charge in [-0.25, -0.2) is 0 Å². The normalized spacial score (nSPS) is 8.43. The van der Waals surface area contributed by atoms with Gasteiger partial charge in [-0.1, -0.05) is 0 Å². The van der Waals surface area contributed by atoms with Crippen molar-refractivity contribution >= 4 is 7.82 Å². The molecule has 7 heavy (non-hydrogen) atoms. The van der Waals surface area contributed by atoms with Crippen molar-refractivity contribution in [2.24, 2.45) is 0 Å². The van der Waals surface area contributed by atoms with E-state index in [1.807, 2.05) is 0 Å². The smallest absolute Gasteiger partial charge is 0.790 e. The van der Waals surface area contributed by atoms with Gasteiger partial charge in [-0.2, -0.15) is 0 Å². The molecule has 0 aliphatic carbocycles. The molecule has 0 fully saturated rings. The van der Waals surface area contributed by atoms with Crippen molar-refractivity contribution < 1.29 is 61.2 Å². The minimum Gasteiger partial charge on any atom is -0.790 e. The Morgan fingerprint density at radius 1 is 1.43 bits per heavy atom. The minimum atomic E-state index is -5.14. The van der Waals surface area contributed by atoms with E-state index in [9.17, 15) is 0 Å². The summed E-state index contributed by atoms with van der Waals surface area (Å²) in [6.07, 6.45) is 0. The maximum atomic E-state index is 8.66. The van der Waals surface area contributed by atoms with Crippen LogP contribution in [0, 0.1) is 12.4 Å². The molecule has 0 aliphatic heterocycles. The quantitative estimate of drug-likeness (QED) is 0.280. The average Bonchev–Trinajstić information content (AvgIpc) is 0.722. The fraction of sp³-hybridized carbons (Fsp3) is 0. The van der Waals surface area contributed by atoms with Gasteiger partial charge in [0, 0.05) is 0 Å². The monoisotopic (exact) mass is 156 g/mol. The molecule has 0 aromatic carbocycles. The Hall–Kier alpha value is 1.40. The van der Waals surface area contributed by atoms with Crippen molar-refractivity contribution in [2.45, 2.75) is 0 Å². The zero-order valence-electron chi connectivity index (χ0n) is 3.57. The van der Waals surface area contributed by atoms with Crippen LogP contribution in [0.5, 0.6) is 0 Å². The van der Waals surface area contributed by atoms with Crippen LogP contribution >= 0.6 is 7.82 Å². The molecular formula is H3ClNaO4P. The number of halogens is 1. The third-order valence-corrected chi connectivity index (χ3v) is 0. The summed E-state index contributed by atoms with van der Waals surface area (Å²) in [5.74, 6) is 0. The van der Waals surface area contributed by atoms with Gasteiger partial charge >= 0.3 is 29.6 Å². The van der Waals surface area contributed by atoms with Crippen LogP contribution < -0.4 is 39.3 Å². The van der Waals surface area contributed by atoms with Crippen molar-refractivity contribution in [2.75, 3.05) is 0 Å². The van der Waals surface area contributed by atoms with E-state index < -0.39 is 7.82 Å². The molecule has 0 rings (SSSR count). The second-order valence-corrected chi connectivity index (χ2v) is 1.41. The topological polar surface area (TPSA) is 83.4 Å². The van der Waals surface area contributed by atoms with Gasteiger partial charge in [0.25, 0.3) is 0 Å². The molecule has 0 atom stereocenters. The first kappa shape index (κ1) is 15.8. The molecule has 0 saturated carbocycles. The van der Waals surface area contributed by atoms with Crippen LogP contribution in [0.25, 0.3) is 0 Å². The third kappa shape index (κ3) is 110. The first-order valence-corrected chi connectivity index (χ1v) is 2.24. The fourth-order valence-electron chi connectivity index (χ4n) is 0. The van der Waals surface area contributed by atoms with Gasteiger partial charge in [0.15, 0.2) is 0 Å². The molecule has 0 spiro atoms. The molecule has 0 aromatic rings. The van der Waals surface area contributed by atoms with Crippen molar-refractivity contribution in [1.29, 1.82) is 0 Å². The second kappa shape index (κ2) is 5.54. The average molecular weight is 156 g/mol. The Morgan fingerprint density at radius 2 is 1.43 bits per heavy atom. The summed E-state index contributed by atoms with van der Waals surface area (Å²) in [5, 5.41) is 0. The molecule has 7 heteroatoms. The standard InChI is InChI=1S/ClH2.Na.H3O4P/c;;1-5(2,3)4/h1H2;;(H3,1,2,3,4)/q2*+1;/p-2. The SMILES string of the molecule is O=P([O-])([O-])O.[ClH2+].[Na+]. The minimum absolute atomic E-state index is 0. The Morgan fingerprint density at radius 3 is 1.43 bits per heavy atom. The van der Waals surface area contributed by atoms with E-state index in [1.165, 1.54) is 0 Å². The fourth-order valence-corrected chi connectivity index (χ4v) is 0.